The lowest BCUT2D eigenvalue weighted by atomic mass is 10.0. The van der Waals surface area contributed by atoms with Crippen molar-refractivity contribution in [1.82, 2.24) is 25.0 Å². The highest BCUT2D eigenvalue weighted by Crippen LogP contribution is 2.19. The molecule has 2 heterocycles. The van der Waals surface area contributed by atoms with Crippen molar-refractivity contribution in [3.8, 4) is 0 Å². The minimum Gasteiger partial charge on any atom is -0.357 e. The molecule has 0 fully saturated rings. The highest BCUT2D eigenvalue weighted by molar-refractivity contribution is 7.98. The van der Waals surface area contributed by atoms with E-state index in [1.54, 1.807) is 11.8 Å². The maximum Gasteiger partial charge on any atom is 0.194 e. The molecule has 0 spiro atoms. The molecule has 0 saturated heterocycles. The molecule has 3 rings (SSSR count). The summed E-state index contributed by atoms with van der Waals surface area (Å²) < 4.78 is 2.27. The van der Waals surface area contributed by atoms with Crippen molar-refractivity contribution >= 4 is 17.7 Å². The lowest BCUT2D eigenvalue weighted by molar-refractivity contribution is 0.378. The standard InChI is InChI=1S/C22H34N6S/c1-5-23-21(27-14-12-18-9-6-7-10-19(18)16-27)24-13-8-11-20-25-26-22(29-4)28(20)15-17(2)3/h6-7,9-10,17H,5,8,11-16H2,1-4H3,(H,23,24). The van der Waals surface area contributed by atoms with E-state index in [0.717, 1.165) is 68.9 Å². The zero-order chi connectivity index (χ0) is 20.6. The van der Waals surface area contributed by atoms with Crippen molar-refractivity contribution in [3.05, 3.63) is 41.2 Å². The average Bonchev–Trinajstić information content (AvgIpc) is 3.10. The second kappa shape index (κ2) is 10.7. The Hall–Kier alpha value is -2.02. The number of rotatable bonds is 8. The summed E-state index contributed by atoms with van der Waals surface area (Å²) in [5.74, 6) is 2.68. The molecule has 0 radical (unpaired) electrons. The number of aromatic nitrogens is 3. The number of nitrogens with one attached hydrogen (secondary N) is 1. The molecule has 0 amide bonds. The third kappa shape index (κ3) is 5.75. The fraction of sp³-hybridized carbons (Fsp3) is 0.591. The van der Waals surface area contributed by atoms with Gasteiger partial charge in [0, 0.05) is 39.1 Å². The summed E-state index contributed by atoms with van der Waals surface area (Å²) in [4.78, 5) is 7.29. The predicted molar refractivity (Wildman–Crippen MR) is 121 cm³/mol. The zero-order valence-corrected chi connectivity index (χ0v) is 19.0. The van der Waals surface area contributed by atoms with Crippen molar-refractivity contribution in [2.75, 3.05) is 25.9 Å². The van der Waals surface area contributed by atoms with E-state index < -0.39 is 0 Å². The van der Waals surface area contributed by atoms with Gasteiger partial charge in [-0.25, -0.2) is 0 Å². The normalized spacial score (nSPS) is 14.4. The van der Waals surface area contributed by atoms with Gasteiger partial charge in [0.2, 0.25) is 0 Å². The minimum atomic E-state index is 0.580. The lowest BCUT2D eigenvalue weighted by Crippen LogP contribution is -2.44. The fourth-order valence-electron chi connectivity index (χ4n) is 3.73. The van der Waals surface area contributed by atoms with Crippen LogP contribution in [0.4, 0.5) is 0 Å². The van der Waals surface area contributed by atoms with Crippen LogP contribution in [0.1, 0.15) is 44.1 Å². The second-order valence-corrected chi connectivity index (χ2v) is 8.66. The molecule has 1 aromatic carbocycles. The van der Waals surface area contributed by atoms with E-state index >= 15 is 0 Å². The van der Waals surface area contributed by atoms with Gasteiger partial charge in [-0.2, -0.15) is 0 Å². The van der Waals surface area contributed by atoms with Gasteiger partial charge in [0.05, 0.1) is 0 Å². The summed E-state index contributed by atoms with van der Waals surface area (Å²) in [6.45, 7) is 11.2. The Labute approximate surface area is 179 Å². The number of guanidine groups is 1. The van der Waals surface area contributed by atoms with E-state index in [1.807, 2.05) is 0 Å². The highest BCUT2D eigenvalue weighted by atomic mass is 32.2. The van der Waals surface area contributed by atoms with Crippen LogP contribution in [0.3, 0.4) is 0 Å². The molecule has 0 saturated carbocycles. The molecule has 1 aromatic heterocycles. The van der Waals surface area contributed by atoms with Gasteiger partial charge in [-0.15, -0.1) is 10.2 Å². The highest BCUT2D eigenvalue weighted by Gasteiger charge is 2.18. The van der Waals surface area contributed by atoms with Gasteiger partial charge in [-0.1, -0.05) is 49.9 Å². The molecule has 1 N–H and O–H groups in total. The number of aryl methyl sites for hydroxylation is 1. The molecule has 0 bridgehead atoms. The van der Waals surface area contributed by atoms with Gasteiger partial charge in [0.1, 0.15) is 5.82 Å². The topological polar surface area (TPSA) is 58.3 Å². The molecule has 7 heteroatoms. The Bertz CT molecular complexity index is 813. The Morgan fingerprint density at radius 1 is 1.24 bits per heavy atom. The maximum atomic E-state index is 4.91. The average molecular weight is 415 g/mol. The van der Waals surface area contributed by atoms with Gasteiger partial charge in [-0.3, -0.25) is 4.99 Å². The summed E-state index contributed by atoms with van der Waals surface area (Å²) in [7, 11) is 0. The van der Waals surface area contributed by atoms with Crippen LogP contribution < -0.4 is 5.32 Å². The first kappa shape index (κ1) is 21.7. The van der Waals surface area contributed by atoms with Crippen molar-refractivity contribution in [1.29, 1.82) is 0 Å². The monoisotopic (exact) mass is 414 g/mol. The molecule has 0 atom stereocenters. The van der Waals surface area contributed by atoms with Gasteiger partial charge in [-0.05, 0) is 43.1 Å². The minimum absolute atomic E-state index is 0.580. The Morgan fingerprint density at radius 3 is 2.76 bits per heavy atom. The molecule has 0 aliphatic carbocycles. The van der Waals surface area contributed by atoms with Crippen molar-refractivity contribution in [2.24, 2.45) is 10.9 Å². The first-order valence-corrected chi connectivity index (χ1v) is 11.9. The Morgan fingerprint density at radius 2 is 2.03 bits per heavy atom. The van der Waals surface area contributed by atoms with Gasteiger partial charge < -0.3 is 14.8 Å². The van der Waals surface area contributed by atoms with Crippen LogP contribution in [0.5, 0.6) is 0 Å². The zero-order valence-electron chi connectivity index (χ0n) is 18.2. The maximum absolute atomic E-state index is 4.91. The van der Waals surface area contributed by atoms with Crippen LogP contribution in [0.2, 0.25) is 0 Å². The Balaban J connectivity index is 1.60. The molecule has 1 aliphatic rings. The van der Waals surface area contributed by atoms with Crippen molar-refractivity contribution < 1.29 is 0 Å². The van der Waals surface area contributed by atoms with Gasteiger partial charge in [0.25, 0.3) is 0 Å². The number of hydrogen-bond donors (Lipinski definition) is 1. The molecule has 29 heavy (non-hydrogen) atoms. The van der Waals surface area contributed by atoms with E-state index in [9.17, 15) is 0 Å². The van der Waals surface area contributed by atoms with Crippen LogP contribution in [-0.2, 0) is 25.9 Å². The third-order valence-electron chi connectivity index (χ3n) is 5.11. The van der Waals surface area contributed by atoms with Crippen LogP contribution in [0.25, 0.3) is 0 Å². The van der Waals surface area contributed by atoms with Gasteiger partial charge in [0.15, 0.2) is 11.1 Å². The van der Waals surface area contributed by atoms with E-state index in [2.05, 4.69) is 76.3 Å². The molecule has 1 aliphatic heterocycles. The van der Waals surface area contributed by atoms with Crippen molar-refractivity contribution in [3.63, 3.8) is 0 Å². The summed E-state index contributed by atoms with van der Waals surface area (Å²) in [6, 6.07) is 8.74. The first-order chi connectivity index (χ1) is 14.1. The second-order valence-electron chi connectivity index (χ2n) is 7.89. The van der Waals surface area contributed by atoms with E-state index in [4.69, 9.17) is 4.99 Å². The number of benzene rings is 1. The summed E-state index contributed by atoms with van der Waals surface area (Å²) in [6.07, 6.45) is 5.03. The number of fused-ring (bicyclic) bond motifs is 1. The first-order valence-electron chi connectivity index (χ1n) is 10.7. The number of nitrogens with zero attached hydrogens (tertiary/aromatic N) is 5. The number of aliphatic imine (C=N–C) groups is 1. The van der Waals surface area contributed by atoms with E-state index in [1.165, 1.54) is 11.1 Å². The fourth-order valence-corrected chi connectivity index (χ4v) is 4.25. The van der Waals surface area contributed by atoms with Crippen LogP contribution >= 0.6 is 11.8 Å². The Kier molecular flexibility index (Phi) is 7.98. The van der Waals surface area contributed by atoms with Crippen LogP contribution in [0.15, 0.2) is 34.4 Å². The van der Waals surface area contributed by atoms with Crippen molar-refractivity contribution in [2.45, 2.75) is 58.3 Å². The van der Waals surface area contributed by atoms with Crippen LogP contribution in [0, 0.1) is 5.92 Å². The molecule has 0 unspecified atom stereocenters. The van der Waals surface area contributed by atoms with Crippen LogP contribution in [-0.4, -0.2) is 51.5 Å². The molecule has 158 valence electrons. The van der Waals surface area contributed by atoms with E-state index in [-0.39, 0.29) is 0 Å². The largest absolute Gasteiger partial charge is 0.357 e. The third-order valence-corrected chi connectivity index (χ3v) is 5.78. The molecular formula is C22H34N6S. The molecule has 2 aromatic rings. The summed E-state index contributed by atoms with van der Waals surface area (Å²) >= 11 is 1.67. The smallest absolute Gasteiger partial charge is 0.194 e. The molecular weight excluding hydrogens is 380 g/mol. The molecule has 6 nitrogen and oxygen atoms in total. The predicted octanol–water partition coefficient (Wildman–Crippen LogP) is 3.61. The lowest BCUT2D eigenvalue weighted by Gasteiger charge is -2.31. The van der Waals surface area contributed by atoms with E-state index in [0.29, 0.717) is 5.92 Å². The number of hydrogen-bond acceptors (Lipinski definition) is 4. The quantitative estimate of drug-likeness (QED) is 0.309. The summed E-state index contributed by atoms with van der Waals surface area (Å²) in [5, 5.41) is 13.3. The SMILES string of the molecule is CCNC(=NCCCc1nnc(SC)n1CC(C)C)N1CCc2ccccc2C1. The summed E-state index contributed by atoms with van der Waals surface area (Å²) in [5.41, 5.74) is 2.88. The number of thioether (sulfide) groups is 1. The van der Waals surface area contributed by atoms with Gasteiger partial charge >= 0.3 is 0 Å².